The van der Waals surface area contributed by atoms with Crippen molar-refractivity contribution in [3.63, 3.8) is 0 Å². The van der Waals surface area contributed by atoms with E-state index in [4.69, 9.17) is 0 Å². The summed E-state index contributed by atoms with van der Waals surface area (Å²) in [7, 11) is 0. The van der Waals surface area contributed by atoms with Crippen LogP contribution in [0.1, 0.15) is 56.5 Å². The molecule has 3 aromatic heterocycles. The van der Waals surface area contributed by atoms with Crippen LogP contribution >= 0.6 is 0 Å². The van der Waals surface area contributed by atoms with Crippen LogP contribution in [0.5, 0.6) is 0 Å². The highest BCUT2D eigenvalue weighted by atomic mass is 19.1. The zero-order chi connectivity index (χ0) is 22.6. The minimum atomic E-state index is -0.290. The average Bonchev–Trinajstić information content (AvgIpc) is 3.14. The minimum absolute atomic E-state index is 0.290. The Morgan fingerprint density at radius 1 is 1.03 bits per heavy atom. The van der Waals surface area contributed by atoms with Crippen LogP contribution in [0.25, 0.3) is 27.8 Å². The van der Waals surface area contributed by atoms with Crippen LogP contribution < -0.4 is 0 Å². The minimum Gasteiger partial charge on any atom is -0.298 e. The first-order valence-corrected chi connectivity index (χ1v) is 11.4. The van der Waals surface area contributed by atoms with E-state index in [1.165, 1.54) is 0 Å². The highest BCUT2D eigenvalue weighted by molar-refractivity contribution is 5.84. The Labute approximate surface area is 187 Å². The van der Waals surface area contributed by atoms with Crippen LogP contribution in [0.2, 0.25) is 0 Å². The normalized spacial score (nSPS) is 22.1. The lowest BCUT2D eigenvalue weighted by Crippen LogP contribution is -2.45. The molecule has 7 heteroatoms. The smallest absolute Gasteiger partial charge is 0.156 e. The maximum atomic E-state index is 15.2. The summed E-state index contributed by atoms with van der Waals surface area (Å²) in [6.07, 6.45) is 3.92. The summed E-state index contributed by atoms with van der Waals surface area (Å²) in [6.45, 7) is 11.7. The third kappa shape index (κ3) is 3.54. The Morgan fingerprint density at radius 3 is 2.50 bits per heavy atom. The quantitative estimate of drug-likeness (QED) is 0.452. The lowest BCUT2D eigenvalue weighted by atomic mass is 9.84. The Kier molecular flexibility index (Phi) is 5.16. The van der Waals surface area contributed by atoms with Crippen LogP contribution in [0, 0.1) is 19.7 Å². The van der Waals surface area contributed by atoms with Crippen molar-refractivity contribution < 1.29 is 4.39 Å². The van der Waals surface area contributed by atoms with E-state index in [0.717, 1.165) is 42.0 Å². The van der Waals surface area contributed by atoms with Gasteiger partial charge in [0.1, 0.15) is 5.82 Å². The first kappa shape index (κ1) is 20.9. The van der Waals surface area contributed by atoms with Gasteiger partial charge < -0.3 is 0 Å². The van der Waals surface area contributed by atoms with Crippen LogP contribution in [0.4, 0.5) is 4.39 Å². The van der Waals surface area contributed by atoms with Crippen molar-refractivity contribution in [1.82, 2.24) is 29.7 Å². The second-order valence-electron chi connectivity index (χ2n) is 9.22. The predicted molar refractivity (Wildman–Crippen MR) is 124 cm³/mol. The van der Waals surface area contributed by atoms with Crippen molar-refractivity contribution in [2.75, 3.05) is 6.54 Å². The molecule has 0 unspecified atom stereocenters. The van der Waals surface area contributed by atoms with E-state index in [9.17, 15) is 0 Å². The molecule has 0 aliphatic carbocycles. The van der Waals surface area contributed by atoms with Crippen LogP contribution in [-0.2, 0) is 0 Å². The molecular weight excluding hydrogens is 403 g/mol. The van der Waals surface area contributed by atoms with Gasteiger partial charge in [-0.25, -0.2) is 13.9 Å². The summed E-state index contributed by atoms with van der Waals surface area (Å²) < 4.78 is 17.0. The molecular formula is C25H29FN6. The average molecular weight is 433 g/mol. The third-order valence-corrected chi connectivity index (χ3v) is 6.87. The fourth-order valence-corrected chi connectivity index (χ4v) is 5.34. The fourth-order valence-electron chi connectivity index (χ4n) is 5.34. The number of hydrogen-bond acceptors (Lipinski definition) is 5. The van der Waals surface area contributed by atoms with E-state index < -0.39 is 0 Å². The second-order valence-corrected chi connectivity index (χ2v) is 9.22. The predicted octanol–water partition coefficient (Wildman–Crippen LogP) is 5.07. The first-order valence-electron chi connectivity index (χ1n) is 11.4. The molecule has 32 heavy (non-hydrogen) atoms. The van der Waals surface area contributed by atoms with Gasteiger partial charge in [-0.2, -0.15) is 15.3 Å². The van der Waals surface area contributed by atoms with Gasteiger partial charge in [-0.05, 0) is 76.9 Å². The summed E-state index contributed by atoms with van der Waals surface area (Å²) in [6, 6.07) is 8.22. The van der Waals surface area contributed by atoms with E-state index in [1.54, 1.807) is 10.6 Å². The molecule has 4 aromatic rings. The lowest BCUT2D eigenvalue weighted by molar-refractivity contribution is 0.0963. The molecule has 0 N–H and O–H groups in total. The zero-order valence-electron chi connectivity index (χ0n) is 19.3. The van der Waals surface area contributed by atoms with Gasteiger partial charge >= 0.3 is 0 Å². The van der Waals surface area contributed by atoms with Gasteiger partial charge in [-0.1, -0.05) is 6.92 Å². The molecule has 0 radical (unpaired) electrons. The van der Waals surface area contributed by atoms with E-state index >= 15 is 4.39 Å². The Hall–Kier alpha value is -2.93. The summed E-state index contributed by atoms with van der Waals surface area (Å²) >= 11 is 0. The fraction of sp³-hybridized carbons (Fsp3) is 0.440. The van der Waals surface area contributed by atoms with Crippen molar-refractivity contribution in [3.05, 3.63) is 53.2 Å². The number of aryl methyl sites for hydroxylation is 2. The van der Waals surface area contributed by atoms with Gasteiger partial charge in [0.25, 0.3) is 0 Å². The highest BCUT2D eigenvalue weighted by Crippen LogP contribution is 2.35. The molecule has 0 saturated carbocycles. The van der Waals surface area contributed by atoms with E-state index in [1.807, 2.05) is 38.2 Å². The van der Waals surface area contributed by atoms with Crippen molar-refractivity contribution in [3.8, 4) is 11.3 Å². The Bertz CT molecular complexity index is 1300. The highest BCUT2D eigenvalue weighted by Gasteiger charge is 2.31. The summed E-state index contributed by atoms with van der Waals surface area (Å²) in [5.41, 5.74) is 5.52. The van der Waals surface area contributed by atoms with Crippen molar-refractivity contribution in [1.29, 1.82) is 0 Å². The van der Waals surface area contributed by atoms with Gasteiger partial charge in [-0.3, -0.25) is 4.90 Å². The summed E-state index contributed by atoms with van der Waals surface area (Å²) in [4.78, 5) is 7.01. The van der Waals surface area contributed by atoms with Crippen molar-refractivity contribution in [2.24, 2.45) is 0 Å². The number of rotatable bonds is 3. The van der Waals surface area contributed by atoms with Gasteiger partial charge in [-0.15, -0.1) is 0 Å². The molecule has 1 aromatic carbocycles. The van der Waals surface area contributed by atoms with Gasteiger partial charge in [0.15, 0.2) is 5.65 Å². The maximum absolute atomic E-state index is 15.2. The molecule has 166 valence electrons. The SMILES string of the molecule is CCN1[C@H](C)CC(c2cc3c(F)cc(-c4cc(C)c5nc(C)cn5n4)cc3nn2)C[C@H]1C. The van der Waals surface area contributed by atoms with Crippen molar-refractivity contribution >= 4 is 16.6 Å². The molecule has 2 atom stereocenters. The topological polar surface area (TPSA) is 59.2 Å². The van der Waals surface area contributed by atoms with Crippen LogP contribution in [0.3, 0.4) is 0 Å². The van der Waals surface area contributed by atoms with Gasteiger partial charge in [0.05, 0.1) is 28.8 Å². The Balaban J connectivity index is 1.52. The number of likely N-dealkylation sites (tertiary alicyclic amines) is 1. The van der Waals surface area contributed by atoms with Crippen LogP contribution in [-0.4, -0.2) is 48.3 Å². The third-order valence-electron chi connectivity index (χ3n) is 6.87. The number of halogens is 1. The largest absolute Gasteiger partial charge is 0.298 e. The number of benzene rings is 1. The molecule has 0 amide bonds. The molecule has 0 spiro atoms. The molecule has 5 rings (SSSR count). The van der Waals surface area contributed by atoms with Gasteiger partial charge in [0.2, 0.25) is 0 Å². The second kappa shape index (κ2) is 7.89. The summed E-state index contributed by atoms with van der Waals surface area (Å²) in [5.74, 6) is 0.0112. The molecule has 1 aliphatic rings. The molecule has 1 saturated heterocycles. The number of fused-ring (bicyclic) bond motifs is 2. The number of aromatic nitrogens is 5. The molecule has 0 bridgehead atoms. The first-order chi connectivity index (χ1) is 15.3. The molecule has 1 aliphatic heterocycles. The van der Waals surface area contributed by atoms with E-state index in [0.29, 0.717) is 40.2 Å². The molecule has 4 heterocycles. The standard InChI is InChI=1S/C25H29FN6/c1-6-31-16(4)8-18(9-17(31)5)22-12-20-21(26)10-19(11-24(20)29-28-22)23-7-14(2)25-27-15(3)13-32(25)30-23/h7,10-13,16-18H,6,8-9H2,1-5H3/t16-,17-/m1/s1. The van der Waals surface area contributed by atoms with Crippen LogP contribution in [0.15, 0.2) is 30.5 Å². The number of imidazole rings is 1. The zero-order valence-corrected chi connectivity index (χ0v) is 19.3. The van der Waals surface area contributed by atoms with Gasteiger partial charge in [0, 0.05) is 29.0 Å². The van der Waals surface area contributed by atoms with E-state index in [2.05, 4.69) is 46.0 Å². The number of piperidine rings is 1. The van der Waals surface area contributed by atoms with Crippen molar-refractivity contribution in [2.45, 2.75) is 65.5 Å². The Morgan fingerprint density at radius 2 is 1.78 bits per heavy atom. The summed E-state index contributed by atoms with van der Waals surface area (Å²) in [5, 5.41) is 14.1. The number of nitrogens with zero attached hydrogens (tertiary/aromatic N) is 6. The molecule has 1 fully saturated rings. The monoisotopic (exact) mass is 432 g/mol. The number of hydrogen-bond donors (Lipinski definition) is 0. The lowest BCUT2D eigenvalue weighted by Gasteiger charge is -2.41. The maximum Gasteiger partial charge on any atom is 0.156 e. The molecule has 6 nitrogen and oxygen atoms in total. The van der Waals surface area contributed by atoms with E-state index in [-0.39, 0.29) is 5.82 Å².